The Morgan fingerprint density at radius 2 is 1.71 bits per heavy atom. The summed E-state index contributed by atoms with van der Waals surface area (Å²) in [6.07, 6.45) is 3.05. The Kier molecular flexibility index (Phi) is 4.43. The number of ether oxygens (including phenoxy) is 1. The van der Waals surface area contributed by atoms with Crippen LogP contribution in [0.2, 0.25) is 0 Å². The predicted octanol–water partition coefficient (Wildman–Crippen LogP) is 3.73. The molecule has 84 valence electrons. The van der Waals surface area contributed by atoms with Crippen LogP contribution in [0.4, 0.5) is 0 Å². The zero-order chi connectivity index (χ0) is 10.7. The highest BCUT2D eigenvalue weighted by molar-refractivity contribution is 4.78. The molecule has 1 rings (SSSR count). The quantitative estimate of drug-likeness (QED) is 0.671. The Hall–Kier alpha value is -0.0400. The Balaban J connectivity index is 2.47. The summed E-state index contributed by atoms with van der Waals surface area (Å²) >= 11 is 0. The minimum absolute atomic E-state index is 0.510. The fourth-order valence-corrected chi connectivity index (χ4v) is 2.26. The molecule has 3 unspecified atom stereocenters. The van der Waals surface area contributed by atoms with Gasteiger partial charge in [0.25, 0.3) is 0 Å². The van der Waals surface area contributed by atoms with Crippen molar-refractivity contribution in [2.75, 3.05) is 6.61 Å². The van der Waals surface area contributed by atoms with Crippen LogP contribution in [-0.2, 0) is 4.74 Å². The molecule has 1 heteroatoms. The molecule has 0 aromatic heterocycles. The Bertz CT molecular complexity index is 157. The smallest absolute Gasteiger partial charge is 0.0605 e. The zero-order valence-electron chi connectivity index (χ0n) is 10.4. The van der Waals surface area contributed by atoms with Crippen LogP contribution >= 0.6 is 0 Å². The van der Waals surface area contributed by atoms with Crippen LogP contribution in [0, 0.1) is 23.7 Å². The first-order chi connectivity index (χ1) is 6.52. The van der Waals surface area contributed by atoms with Gasteiger partial charge in [0, 0.05) is 6.61 Å². The minimum Gasteiger partial charge on any atom is -0.378 e. The highest BCUT2D eigenvalue weighted by Crippen LogP contribution is 2.32. The fourth-order valence-electron chi connectivity index (χ4n) is 2.26. The summed E-state index contributed by atoms with van der Waals surface area (Å²) in [5.41, 5.74) is 0. The lowest BCUT2D eigenvalue weighted by Gasteiger charge is -2.36. The molecule has 1 aliphatic rings. The Morgan fingerprint density at radius 3 is 2.21 bits per heavy atom. The van der Waals surface area contributed by atoms with E-state index in [1.165, 1.54) is 12.8 Å². The van der Waals surface area contributed by atoms with E-state index in [0.29, 0.717) is 12.0 Å². The van der Waals surface area contributed by atoms with E-state index in [-0.39, 0.29) is 0 Å². The van der Waals surface area contributed by atoms with Crippen molar-refractivity contribution >= 4 is 0 Å². The first-order valence-corrected chi connectivity index (χ1v) is 6.14. The molecule has 0 N–H and O–H groups in total. The molecular formula is C13H26O. The summed E-state index contributed by atoms with van der Waals surface area (Å²) in [7, 11) is 0. The number of hydrogen-bond donors (Lipinski definition) is 0. The standard InChI is InChI=1S/C13H26O/c1-9(2)11(5)13-8-12(10(3)4)6-7-14-13/h9-13H,6-8H2,1-5H3. The largest absolute Gasteiger partial charge is 0.378 e. The highest BCUT2D eigenvalue weighted by Gasteiger charge is 2.29. The van der Waals surface area contributed by atoms with Gasteiger partial charge in [0.05, 0.1) is 6.10 Å². The minimum atomic E-state index is 0.510. The van der Waals surface area contributed by atoms with Crippen molar-refractivity contribution in [1.29, 1.82) is 0 Å². The van der Waals surface area contributed by atoms with Crippen molar-refractivity contribution < 1.29 is 4.74 Å². The molecule has 1 aliphatic heterocycles. The topological polar surface area (TPSA) is 9.23 Å². The molecule has 1 saturated heterocycles. The van der Waals surface area contributed by atoms with Crippen LogP contribution in [0.3, 0.4) is 0 Å². The maximum Gasteiger partial charge on any atom is 0.0605 e. The third-order valence-corrected chi connectivity index (χ3v) is 3.94. The maximum absolute atomic E-state index is 5.88. The molecule has 0 bridgehead atoms. The molecule has 0 saturated carbocycles. The van der Waals surface area contributed by atoms with Gasteiger partial charge < -0.3 is 4.74 Å². The third-order valence-electron chi connectivity index (χ3n) is 3.94. The molecule has 0 aromatic carbocycles. The van der Waals surface area contributed by atoms with E-state index in [4.69, 9.17) is 4.74 Å². The van der Waals surface area contributed by atoms with Crippen molar-refractivity contribution in [2.24, 2.45) is 23.7 Å². The second-order valence-corrected chi connectivity index (χ2v) is 5.54. The molecule has 0 aliphatic carbocycles. The highest BCUT2D eigenvalue weighted by atomic mass is 16.5. The number of rotatable bonds is 3. The average molecular weight is 198 g/mol. The second kappa shape index (κ2) is 5.16. The molecule has 0 amide bonds. The normalized spacial score (nSPS) is 31.1. The maximum atomic E-state index is 5.88. The van der Waals surface area contributed by atoms with Gasteiger partial charge in [0.2, 0.25) is 0 Å². The monoisotopic (exact) mass is 198 g/mol. The van der Waals surface area contributed by atoms with Gasteiger partial charge >= 0.3 is 0 Å². The predicted molar refractivity (Wildman–Crippen MR) is 61.3 cm³/mol. The molecule has 3 atom stereocenters. The van der Waals surface area contributed by atoms with Gasteiger partial charge in [-0.25, -0.2) is 0 Å². The molecule has 1 fully saturated rings. The molecule has 0 aromatic rings. The van der Waals surface area contributed by atoms with Crippen molar-refractivity contribution in [1.82, 2.24) is 0 Å². The molecule has 0 spiro atoms. The third kappa shape index (κ3) is 2.98. The van der Waals surface area contributed by atoms with E-state index in [1.807, 2.05) is 0 Å². The van der Waals surface area contributed by atoms with Gasteiger partial charge in [0.1, 0.15) is 0 Å². The molecular weight excluding hydrogens is 172 g/mol. The molecule has 1 nitrogen and oxygen atoms in total. The van der Waals surface area contributed by atoms with E-state index in [9.17, 15) is 0 Å². The average Bonchev–Trinajstić information content (AvgIpc) is 2.16. The Morgan fingerprint density at radius 1 is 1.07 bits per heavy atom. The van der Waals surface area contributed by atoms with Crippen LogP contribution in [0.25, 0.3) is 0 Å². The SMILES string of the molecule is CC(C)C1CCOC(C(C)C(C)C)C1. The van der Waals surface area contributed by atoms with Crippen LogP contribution in [0.1, 0.15) is 47.5 Å². The summed E-state index contributed by atoms with van der Waals surface area (Å²) in [4.78, 5) is 0. The van der Waals surface area contributed by atoms with Gasteiger partial charge in [0.15, 0.2) is 0 Å². The lowest BCUT2D eigenvalue weighted by atomic mass is 9.80. The van der Waals surface area contributed by atoms with E-state index < -0.39 is 0 Å². The van der Waals surface area contributed by atoms with Crippen LogP contribution in [-0.4, -0.2) is 12.7 Å². The van der Waals surface area contributed by atoms with Crippen molar-refractivity contribution in [3.8, 4) is 0 Å². The van der Waals surface area contributed by atoms with Gasteiger partial charge in [-0.3, -0.25) is 0 Å². The van der Waals surface area contributed by atoms with Gasteiger partial charge in [-0.1, -0.05) is 34.6 Å². The van der Waals surface area contributed by atoms with Gasteiger partial charge in [-0.05, 0) is 36.5 Å². The molecule has 0 radical (unpaired) electrons. The lowest BCUT2D eigenvalue weighted by Crippen LogP contribution is -2.34. The summed E-state index contributed by atoms with van der Waals surface area (Å²) < 4.78 is 5.88. The van der Waals surface area contributed by atoms with Crippen LogP contribution in [0.5, 0.6) is 0 Å². The summed E-state index contributed by atoms with van der Waals surface area (Å²) in [5.74, 6) is 3.15. The van der Waals surface area contributed by atoms with E-state index in [2.05, 4.69) is 34.6 Å². The van der Waals surface area contributed by atoms with Crippen LogP contribution in [0.15, 0.2) is 0 Å². The molecule has 14 heavy (non-hydrogen) atoms. The summed E-state index contributed by atoms with van der Waals surface area (Å²) in [5, 5.41) is 0. The number of hydrogen-bond acceptors (Lipinski definition) is 1. The van der Waals surface area contributed by atoms with Crippen molar-refractivity contribution in [2.45, 2.75) is 53.6 Å². The van der Waals surface area contributed by atoms with Gasteiger partial charge in [-0.2, -0.15) is 0 Å². The van der Waals surface area contributed by atoms with E-state index in [0.717, 1.165) is 24.4 Å². The van der Waals surface area contributed by atoms with E-state index >= 15 is 0 Å². The lowest BCUT2D eigenvalue weighted by molar-refractivity contribution is -0.0561. The summed E-state index contributed by atoms with van der Waals surface area (Å²) in [6, 6.07) is 0. The first-order valence-electron chi connectivity index (χ1n) is 6.14. The first kappa shape index (κ1) is 12.0. The second-order valence-electron chi connectivity index (χ2n) is 5.54. The Labute approximate surface area is 89.2 Å². The van der Waals surface area contributed by atoms with E-state index in [1.54, 1.807) is 0 Å². The fraction of sp³-hybridized carbons (Fsp3) is 1.00. The summed E-state index contributed by atoms with van der Waals surface area (Å²) in [6.45, 7) is 12.6. The zero-order valence-corrected chi connectivity index (χ0v) is 10.4. The van der Waals surface area contributed by atoms with Gasteiger partial charge in [-0.15, -0.1) is 0 Å². The molecule has 1 heterocycles. The van der Waals surface area contributed by atoms with Crippen molar-refractivity contribution in [3.63, 3.8) is 0 Å². The van der Waals surface area contributed by atoms with Crippen molar-refractivity contribution in [3.05, 3.63) is 0 Å². The van der Waals surface area contributed by atoms with Crippen LogP contribution < -0.4 is 0 Å².